The van der Waals surface area contributed by atoms with Gasteiger partial charge in [0.2, 0.25) is 5.95 Å². The molecule has 4 heterocycles. The fraction of sp³-hybridized carbons (Fsp3) is 0.240. The third-order valence-electron chi connectivity index (χ3n) is 6.21. The van der Waals surface area contributed by atoms with Crippen LogP contribution in [0.5, 0.6) is 0 Å². The first-order chi connectivity index (χ1) is 16.1. The summed E-state index contributed by atoms with van der Waals surface area (Å²) in [4.78, 5) is 12.0. The van der Waals surface area contributed by atoms with E-state index in [0.29, 0.717) is 19.2 Å². The molecule has 0 unspecified atom stereocenters. The number of hydrogen-bond acceptors (Lipinski definition) is 6. The zero-order chi connectivity index (χ0) is 22.4. The predicted molar refractivity (Wildman–Crippen MR) is 131 cm³/mol. The SMILES string of the molecule is Cn1ccc2cc(Nc3cc(-c4ccc5cnn(C)c5c4)nc(N4CCOCC4)n3)ccc21. The molecule has 6 rings (SSSR count). The van der Waals surface area contributed by atoms with E-state index < -0.39 is 0 Å². The number of fused-ring (bicyclic) bond motifs is 2. The summed E-state index contributed by atoms with van der Waals surface area (Å²) in [6, 6.07) is 16.8. The lowest BCUT2D eigenvalue weighted by Gasteiger charge is -2.27. The second kappa shape index (κ2) is 7.90. The van der Waals surface area contributed by atoms with Gasteiger partial charge in [0, 0.05) is 67.0 Å². The number of benzene rings is 2. The molecule has 0 bridgehead atoms. The predicted octanol–water partition coefficient (Wildman–Crippen LogP) is 4.10. The maximum Gasteiger partial charge on any atom is 0.228 e. The second-order valence-electron chi connectivity index (χ2n) is 8.40. The van der Waals surface area contributed by atoms with Gasteiger partial charge in [-0.1, -0.05) is 12.1 Å². The number of anilines is 3. The lowest BCUT2D eigenvalue weighted by Crippen LogP contribution is -2.37. The minimum Gasteiger partial charge on any atom is -0.378 e. The molecule has 33 heavy (non-hydrogen) atoms. The van der Waals surface area contributed by atoms with Crippen molar-refractivity contribution in [1.29, 1.82) is 0 Å². The largest absolute Gasteiger partial charge is 0.378 e. The van der Waals surface area contributed by atoms with Gasteiger partial charge in [-0.05, 0) is 30.3 Å². The first kappa shape index (κ1) is 19.8. The van der Waals surface area contributed by atoms with Crippen LogP contribution >= 0.6 is 0 Å². The van der Waals surface area contributed by atoms with Crippen LogP contribution in [-0.4, -0.2) is 50.6 Å². The Morgan fingerprint density at radius 3 is 2.64 bits per heavy atom. The molecule has 0 atom stereocenters. The van der Waals surface area contributed by atoms with Crippen molar-refractivity contribution in [2.75, 3.05) is 36.5 Å². The second-order valence-corrected chi connectivity index (χ2v) is 8.40. The van der Waals surface area contributed by atoms with Crippen LogP contribution < -0.4 is 10.2 Å². The Morgan fingerprint density at radius 2 is 1.76 bits per heavy atom. The number of ether oxygens (including phenoxy) is 1. The van der Waals surface area contributed by atoms with Gasteiger partial charge in [0.05, 0.1) is 30.6 Å². The third kappa shape index (κ3) is 3.68. The lowest BCUT2D eigenvalue weighted by molar-refractivity contribution is 0.122. The van der Waals surface area contributed by atoms with Crippen LogP contribution in [0.1, 0.15) is 0 Å². The summed E-state index contributed by atoms with van der Waals surface area (Å²) >= 11 is 0. The molecule has 1 N–H and O–H groups in total. The molecule has 0 saturated carbocycles. The highest BCUT2D eigenvalue weighted by atomic mass is 16.5. The molecule has 3 aromatic heterocycles. The van der Waals surface area contributed by atoms with E-state index in [0.717, 1.165) is 46.8 Å². The number of morpholine rings is 1. The van der Waals surface area contributed by atoms with Crippen LogP contribution in [0.25, 0.3) is 33.1 Å². The van der Waals surface area contributed by atoms with Gasteiger partial charge in [0.25, 0.3) is 0 Å². The Kier molecular flexibility index (Phi) is 4.73. The first-order valence-electron chi connectivity index (χ1n) is 11.1. The van der Waals surface area contributed by atoms with Crippen LogP contribution in [0.3, 0.4) is 0 Å². The van der Waals surface area contributed by atoms with E-state index in [4.69, 9.17) is 14.7 Å². The molecule has 5 aromatic rings. The Bertz CT molecular complexity index is 1460. The molecule has 2 aromatic carbocycles. The number of aryl methyl sites for hydroxylation is 2. The van der Waals surface area contributed by atoms with Crippen molar-refractivity contribution in [3.8, 4) is 11.3 Å². The van der Waals surface area contributed by atoms with E-state index in [2.05, 4.69) is 75.6 Å². The van der Waals surface area contributed by atoms with Crippen molar-refractivity contribution < 1.29 is 4.74 Å². The first-order valence-corrected chi connectivity index (χ1v) is 11.1. The van der Waals surface area contributed by atoms with E-state index >= 15 is 0 Å². The van der Waals surface area contributed by atoms with Crippen molar-refractivity contribution in [3.63, 3.8) is 0 Å². The average molecular weight is 440 g/mol. The molecule has 1 aliphatic rings. The Morgan fingerprint density at radius 1 is 0.879 bits per heavy atom. The van der Waals surface area contributed by atoms with Gasteiger partial charge < -0.3 is 19.5 Å². The molecule has 1 saturated heterocycles. The molecule has 0 amide bonds. The maximum atomic E-state index is 5.53. The molecular formula is C25H25N7O. The minimum atomic E-state index is 0.683. The topological polar surface area (TPSA) is 73.0 Å². The summed E-state index contributed by atoms with van der Waals surface area (Å²) < 4.78 is 9.54. The Labute approximate surface area is 191 Å². The van der Waals surface area contributed by atoms with Crippen LogP contribution in [-0.2, 0) is 18.8 Å². The van der Waals surface area contributed by atoms with E-state index in [1.165, 1.54) is 10.9 Å². The molecule has 1 aliphatic heterocycles. The fourth-order valence-corrected chi connectivity index (χ4v) is 4.36. The minimum absolute atomic E-state index is 0.683. The fourth-order valence-electron chi connectivity index (χ4n) is 4.36. The highest BCUT2D eigenvalue weighted by Crippen LogP contribution is 2.29. The third-order valence-corrected chi connectivity index (χ3v) is 6.21. The van der Waals surface area contributed by atoms with Crippen LogP contribution in [0.4, 0.5) is 17.5 Å². The average Bonchev–Trinajstić information content (AvgIpc) is 3.41. The van der Waals surface area contributed by atoms with Gasteiger partial charge in [-0.15, -0.1) is 0 Å². The zero-order valence-electron chi connectivity index (χ0n) is 18.7. The summed E-state index contributed by atoms with van der Waals surface area (Å²) in [5.74, 6) is 1.48. The molecule has 8 nitrogen and oxygen atoms in total. The standard InChI is InChI=1S/C25H25N7O/c1-30-8-7-18-13-20(5-6-22(18)30)27-24-15-21(28-25(29-24)32-9-11-33-12-10-32)17-3-4-19-16-26-31(2)23(19)14-17/h3-8,13-16H,9-12H2,1-2H3,(H,27,28,29). The van der Waals surface area contributed by atoms with Gasteiger partial charge in [0.15, 0.2) is 0 Å². The van der Waals surface area contributed by atoms with Crippen LogP contribution in [0.2, 0.25) is 0 Å². The van der Waals surface area contributed by atoms with E-state index in [9.17, 15) is 0 Å². The summed E-state index contributed by atoms with van der Waals surface area (Å²) in [6.45, 7) is 2.92. The number of nitrogens with zero attached hydrogens (tertiary/aromatic N) is 6. The zero-order valence-corrected chi connectivity index (χ0v) is 18.7. The van der Waals surface area contributed by atoms with Gasteiger partial charge in [0.1, 0.15) is 5.82 Å². The molecule has 0 spiro atoms. The number of hydrogen-bond donors (Lipinski definition) is 1. The van der Waals surface area contributed by atoms with Gasteiger partial charge in [-0.3, -0.25) is 4.68 Å². The molecular weight excluding hydrogens is 414 g/mol. The summed E-state index contributed by atoms with van der Waals surface area (Å²) in [7, 11) is 4.01. The number of rotatable bonds is 4. The lowest BCUT2D eigenvalue weighted by atomic mass is 10.1. The number of aromatic nitrogens is 5. The highest BCUT2D eigenvalue weighted by Gasteiger charge is 2.17. The molecule has 1 fully saturated rings. The molecule has 0 aliphatic carbocycles. The van der Waals surface area contributed by atoms with Crippen molar-refractivity contribution in [2.24, 2.45) is 14.1 Å². The van der Waals surface area contributed by atoms with Gasteiger partial charge in [-0.25, -0.2) is 4.98 Å². The summed E-state index contributed by atoms with van der Waals surface area (Å²) in [5.41, 5.74) is 5.17. The molecule has 166 valence electrons. The van der Waals surface area contributed by atoms with Gasteiger partial charge >= 0.3 is 0 Å². The smallest absolute Gasteiger partial charge is 0.228 e. The molecule has 0 radical (unpaired) electrons. The van der Waals surface area contributed by atoms with E-state index in [1.54, 1.807) is 0 Å². The van der Waals surface area contributed by atoms with Crippen molar-refractivity contribution in [1.82, 2.24) is 24.3 Å². The van der Waals surface area contributed by atoms with Crippen LogP contribution in [0.15, 0.2) is 60.9 Å². The highest BCUT2D eigenvalue weighted by molar-refractivity contribution is 5.86. The Balaban J connectivity index is 1.42. The van der Waals surface area contributed by atoms with Gasteiger partial charge in [-0.2, -0.15) is 10.1 Å². The van der Waals surface area contributed by atoms with E-state index in [1.807, 2.05) is 24.0 Å². The summed E-state index contributed by atoms with van der Waals surface area (Å²) in [6.07, 6.45) is 3.95. The van der Waals surface area contributed by atoms with Crippen molar-refractivity contribution >= 4 is 39.3 Å². The Hall–Kier alpha value is -3.91. The van der Waals surface area contributed by atoms with E-state index in [-0.39, 0.29) is 0 Å². The van der Waals surface area contributed by atoms with Crippen molar-refractivity contribution in [3.05, 3.63) is 60.9 Å². The van der Waals surface area contributed by atoms with Crippen molar-refractivity contribution in [2.45, 2.75) is 0 Å². The maximum absolute atomic E-state index is 5.53. The molecule has 8 heteroatoms. The quantitative estimate of drug-likeness (QED) is 0.455. The number of nitrogens with one attached hydrogen (secondary N) is 1. The monoisotopic (exact) mass is 439 g/mol. The summed E-state index contributed by atoms with van der Waals surface area (Å²) in [5, 5.41) is 10.2. The van der Waals surface area contributed by atoms with Crippen LogP contribution in [0, 0.1) is 0 Å². The normalized spacial score (nSPS) is 14.3.